The van der Waals surface area contributed by atoms with Gasteiger partial charge in [0.2, 0.25) is 0 Å². The number of carbonyl (C=O) groups excluding carboxylic acids is 1. The van der Waals surface area contributed by atoms with E-state index >= 15 is 0 Å². The molecule has 0 aliphatic carbocycles. The number of carboxylic acids is 1. The summed E-state index contributed by atoms with van der Waals surface area (Å²) < 4.78 is 12.4. The second-order valence-electron chi connectivity index (χ2n) is 14.8. The van der Waals surface area contributed by atoms with Crippen molar-refractivity contribution in [3.05, 3.63) is 22.3 Å². The van der Waals surface area contributed by atoms with Crippen molar-refractivity contribution < 1.29 is 24.2 Å². The molecule has 1 aromatic rings. The highest BCUT2D eigenvalue weighted by Gasteiger charge is 2.34. The Morgan fingerprint density at radius 2 is 1.28 bits per heavy atom. The topological polar surface area (TPSA) is 72.8 Å². The molecule has 4 atom stereocenters. The van der Waals surface area contributed by atoms with Crippen molar-refractivity contribution in [3.63, 3.8) is 0 Å². The smallest absolute Gasteiger partial charge is 0.311 e. The Balaban J connectivity index is 1.75. The molecule has 2 rings (SSSR count). The third kappa shape index (κ3) is 12.8. The first-order valence-electron chi connectivity index (χ1n) is 17.5. The number of aliphatic carboxylic acids is 1. The van der Waals surface area contributed by atoms with Gasteiger partial charge in [0.25, 0.3) is 0 Å². The van der Waals surface area contributed by atoms with Crippen LogP contribution in [0.5, 0.6) is 11.5 Å². The van der Waals surface area contributed by atoms with Crippen LogP contribution in [0.4, 0.5) is 0 Å². The molecule has 43 heavy (non-hydrogen) atoms. The molecule has 0 saturated carbocycles. The van der Waals surface area contributed by atoms with E-state index in [9.17, 15) is 9.59 Å². The number of fused-ring (bicyclic) bond motifs is 1. The van der Waals surface area contributed by atoms with Crippen LogP contribution in [-0.2, 0) is 16.0 Å². The summed E-state index contributed by atoms with van der Waals surface area (Å²) >= 11 is 0. The van der Waals surface area contributed by atoms with Gasteiger partial charge in [0.05, 0.1) is 12.8 Å². The van der Waals surface area contributed by atoms with Crippen molar-refractivity contribution in [2.75, 3.05) is 0 Å². The summed E-state index contributed by atoms with van der Waals surface area (Å²) in [5, 5.41) is 8.88. The van der Waals surface area contributed by atoms with E-state index < -0.39 is 11.9 Å². The lowest BCUT2D eigenvalue weighted by atomic mass is 9.83. The maximum absolute atomic E-state index is 12.3. The third-order valence-electron chi connectivity index (χ3n) is 9.99. The zero-order valence-corrected chi connectivity index (χ0v) is 29.2. The lowest BCUT2D eigenvalue weighted by molar-refractivity contribution is -0.142. The molecular weight excluding hydrogens is 536 g/mol. The monoisotopic (exact) mass is 600 g/mol. The summed E-state index contributed by atoms with van der Waals surface area (Å²) in [6.07, 6.45) is 17.3. The quantitative estimate of drug-likeness (QED) is 0.119. The Morgan fingerprint density at radius 1 is 0.767 bits per heavy atom. The molecule has 246 valence electrons. The number of ether oxygens (including phenoxy) is 2. The lowest BCUT2D eigenvalue weighted by Gasteiger charge is -2.38. The predicted octanol–water partition coefficient (Wildman–Crippen LogP) is 10.7. The van der Waals surface area contributed by atoms with Crippen LogP contribution in [0.1, 0.15) is 160 Å². The highest BCUT2D eigenvalue weighted by Crippen LogP contribution is 2.45. The predicted molar refractivity (Wildman–Crippen MR) is 178 cm³/mol. The zero-order valence-electron chi connectivity index (χ0n) is 29.2. The van der Waals surface area contributed by atoms with Crippen molar-refractivity contribution in [1.29, 1.82) is 0 Å². The van der Waals surface area contributed by atoms with Crippen LogP contribution in [0.2, 0.25) is 0 Å². The van der Waals surface area contributed by atoms with Crippen LogP contribution in [0.3, 0.4) is 0 Å². The molecule has 0 fully saturated rings. The molecule has 0 saturated heterocycles. The fraction of sp³-hybridized carbons (Fsp3) is 0.789. The first-order valence-corrected chi connectivity index (χ1v) is 17.5. The van der Waals surface area contributed by atoms with Gasteiger partial charge in [-0.05, 0) is 93.7 Å². The van der Waals surface area contributed by atoms with Crippen molar-refractivity contribution in [2.45, 2.75) is 171 Å². The summed E-state index contributed by atoms with van der Waals surface area (Å²) in [5.74, 6) is 3.31. The van der Waals surface area contributed by atoms with Gasteiger partial charge in [-0.1, -0.05) is 98.8 Å². The van der Waals surface area contributed by atoms with E-state index in [0.717, 1.165) is 70.9 Å². The minimum atomic E-state index is -0.998. The average molecular weight is 601 g/mol. The SMILES string of the molecule is Cc1c(C)c2c(c(C)c1OC(=O)CCC(=O)O)CCC(C)(CCCC(C)CCCC(C)CCCC(C)CCCC(C)C)O2. The number of rotatable bonds is 20. The normalized spacial score (nSPS) is 18.6. The largest absolute Gasteiger partial charge is 0.487 e. The first kappa shape index (κ1) is 37.1. The molecule has 5 nitrogen and oxygen atoms in total. The van der Waals surface area contributed by atoms with Crippen LogP contribution in [0.25, 0.3) is 0 Å². The van der Waals surface area contributed by atoms with Crippen molar-refractivity contribution >= 4 is 11.9 Å². The molecule has 1 N–H and O–H groups in total. The molecule has 4 unspecified atom stereocenters. The molecule has 0 radical (unpaired) electrons. The minimum absolute atomic E-state index is 0.130. The summed E-state index contributed by atoms with van der Waals surface area (Å²) in [6, 6.07) is 0. The van der Waals surface area contributed by atoms with Gasteiger partial charge in [-0.2, -0.15) is 0 Å². The van der Waals surface area contributed by atoms with Crippen LogP contribution in [-0.4, -0.2) is 22.6 Å². The van der Waals surface area contributed by atoms with E-state index in [-0.39, 0.29) is 18.4 Å². The van der Waals surface area contributed by atoms with Crippen LogP contribution in [0, 0.1) is 44.4 Å². The Bertz CT molecular complexity index is 1030. The molecule has 1 aromatic carbocycles. The fourth-order valence-corrected chi connectivity index (χ4v) is 6.75. The number of carbonyl (C=O) groups is 2. The molecule has 1 aliphatic rings. The highest BCUT2D eigenvalue weighted by molar-refractivity contribution is 5.79. The van der Waals surface area contributed by atoms with E-state index in [1.54, 1.807) is 0 Å². The number of hydrogen-bond donors (Lipinski definition) is 1. The molecule has 0 bridgehead atoms. The maximum Gasteiger partial charge on any atom is 0.311 e. The van der Waals surface area contributed by atoms with Gasteiger partial charge >= 0.3 is 11.9 Å². The van der Waals surface area contributed by atoms with E-state index in [4.69, 9.17) is 14.6 Å². The second kappa shape index (κ2) is 18.1. The molecule has 1 heterocycles. The summed E-state index contributed by atoms with van der Waals surface area (Å²) in [4.78, 5) is 23.1. The number of esters is 1. The van der Waals surface area contributed by atoms with Gasteiger partial charge in [-0.3, -0.25) is 9.59 Å². The standard InChI is InChI=1S/C38H64O5/c1-26(2)14-10-15-27(3)16-11-17-28(4)18-12-19-29(5)20-13-24-38(9)25-23-33-32(8)36(30(6)31(7)37(33)43-38)42-35(41)22-21-34(39)40/h26-29H,10-25H2,1-9H3,(H,39,40). The van der Waals surface area contributed by atoms with Gasteiger partial charge in [0, 0.05) is 5.56 Å². The Kier molecular flexibility index (Phi) is 15.6. The molecule has 0 spiro atoms. The van der Waals surface area contributed by atoms with E-state index in [1.165, 1.54) is 70.6 Å². The Morgan fingerprint density at radius 3 is 1.79 bits per heavy atom. The van der Waals surface area contributed by atoms with Crippen LogP contribution >= 0.6 is 0 Å². The molecule has 0 aromatic heterocycles. The van der Waals surface area contributed by atoms with Gasteiger partial charge in [-0.15, -0.1) is 0 Å². The fourth-order valence-electron chi connectivity index (χ4n) is 6.75. The summed E-state index contributed by atoms with van der Waals surface area (Å²) in [7, 11) is 0. The summed E-state index contributed by atoms with van der Waals surface area (Å²) in [5.41, 5.74) is 3.77. The van der Waals surface area contributed by atoms with Gasteiger partial charge in [-0.25, -0.2) is 0 Å². The van der Waals surface area contributed by atoms with Crippen LogP contribution < -0.4 is 9.47 Å². The van der Waals surface area contributed by atoms with Crippen molar-refractivity contribution in [3.8, 4) is 11.5 Å². The summed E-state index contributed by atoms with van der Waals surface area (Å²) in [6.45, 7) is 20.2. The first-order chi connectivity index (χ1) is 20.2. The molecule has 5 heteroatoms. The molecular formula is C38H64O5. The average Bonchev–Trinajstić information content (AvgIpc) is 2.92. The number of hydrogen-bond acceptors (Lipinski definition) is 4. The molecule has 0 amide bonds. The zero-order chi connectivity index (χ0) is 32.2. The van der Waals surface area contributed by atoms with Gasteiger partial charge < -0.3 is 14.6 Å². The second-order valence-corrected chi connectivity index (χ2v) is 14.8. The van der Waals surface area contributed by atoms with E-state index in [1.807, 2.05) is 20.8 Å². The van der Waals surface area contributed by atoms with Crippen molar-refractivity contribution in [1.82, 2.24) is 0 Å². The lowest BCUT2D eigenvalue weighted by Crippen LogP contribution is -2.37. The minimum Gasteiger partial charge on any atom is -0.487 e. The Labute approximate surface area is 263 Å². The third-order valence-corrected chi connectivity index (χ3v) is 9.99. The highest BCUT2D eigenvalue weighted by atomic mass is 16.5. The van der Waals surface area contributed by atoms with Gasteiger partial charge in [0.15, 0.2) is 0 Å². The van der Waals surface area contributed by atoms with Gasteiger partial charge in [0.1, 0.15) is 17.1 Å². The van der Waals surface area contributed by atoms with Crippen LogP contribution in [0.15, 0.2) is 0 Å². The van der Waals surface area contributed by atoms with Crippen molar-refractivity contribution in [2.24, 2.45) is 23.7 Å². The number of benzene rings is 1. The Hall–Kier alpha value is -2.04. The molecule has 1 aliphatic heterocycles. The number of carboxylic acid groups (broad SMARTS) is 1. The van der Waals surface area contributed by atoms with E-state index in [0.29, 0.717) is 5.75 Å². The van der Waals surface area contributed by atoms with E-state index in [2.05, 4.69) is 41.5 Å². The maximum atomic E-state index is 12.3.